The van der Waals surface area contributed by atoms with E-state index in [0.29, 0.717) is 67.9 Å². The lowest BCUT2D eigenvalue weighted by Crippen LogP contribution is -2.52. The second-order valence-electron chi connectivity index (χ2n) is 8.99. The highest BCUT2D eigenvalue weighted by atomic mass is 32.2. The molecule has 1 unspecified atom stereocenters. The van der Waals surface area contributed by atoms with Crippen LogP contribution >= 0.6 is 0 Å². The minimum Gasteiger partial charge on any atom is -0.347 e. The summed E-state index contributed by atoms with van der Waals surface area (Å²) in [7, 11) is -3.96. The molecule has 10 nitrogen and oxygen atoms in total. The average molecular weight is 477 g/mol. The first-order valence-electron chi connectivity index (χ1n) is 11.3. The number of amides is 1. The summed E-state index contributed by atoms with van der Waals surface area (Å²) in [5.41, 5.74) is 1.11. The number of hydrogen-bond donors (Lipinski definition) is 1. The van der Waals surface area contributed by atoms with E-state index in [0.717, 1.165) is 12.8 Å². The van der Waals surface area contributed by atoms with Crippen LogP contribution in [0.1, 0.15) is 50.0 Å². The maximum Gasteiger partial charge on any atom is 0.241 e. The van der Waals surface area contributed by atoms with Crippen LogP contribution in [-0.2, 0) is 24.3 Å². The Balaban J connectivity index is 1.28. The Morgan fingerprint density at radius 1 is 1.21 bits per heavy atom. The Bertz CT molecular complexity index is 1140. The molecule has 33 heavy (non-hydrogen) atoms. The molecule has 2 aromatic rings. The zero-order valence-electron chi connectivity index (χ0n) is 18.7. The van der Waals surface area contributed by atoms with Crippen molar-refractivity contribution >= 4 is 15.9 Å². The van der Waals surface area contributed by atoms with Crippen molar-refractivity contribution in [1.29, 1.82) is 0 Å². The number of rotatable bonds is 6. The van der Waals surface area contributed by atoms with E-state index >= 15 is 0 Å². The Morgan fingerprint density at radius 2 is 1.91 bits per heavy atom. The Hall–Kier alpha value is -2.34. The zero-order valence-corrected chi connectivity index (χ0v) is 19.6. The molecule has 0 bridgehead atoms. The number of sulfonamides is 1. The molecule has 1 aromatic carbocycles. The van der Waals surface area contributed by atoms with Crippen molar-refractivity contribution in [3.05, 3.63) is 29.7 Å². The van der Waals surface area contributed by atoms with Gasteiger partial charge in [0.15, 0.2) is 5.79 Å². The van der Waals surface area contributed by atoms with Crippen molar-refractivity contribution in [1.82, 2.24) is 19.8 Å². The van der Waals surface area contributed by atoms with Crippen LogP contribution in [0.5, 0.6) is 0 Å². The molecular formula is C22H28N4O6S. The molecule has 2 saturated heterocycles. The van der Waals surface area contributed by atoms with Gasteiger partial charge in [0.2, 0.25) is 27.6 Å². The van der Waals surface area contributed by atoms with Crippen LogP contribution in [0.4, 0.5) is 0 Å². The first-order valence-corrected chi connectivity index (χ1v) is 12.8. The van der Waals surface area contributed by atoms with Gasteiger partial charge in [0.1, 0.15) is 0 Å². The fourth-order valence-corrected chi connectivity index (χ4v) is 5.82. The molecule has 3 heterocycles. The maximum atomic E-state index is 13.2. The highest BCUT2D eigenvalue weighted by Gasteiger charge is 2.41. The van der Waals surface area contributed by atoms with Crippen molar-refractivity contribution < 1.29 is 27.2 Å². The summed E-state index contributed by atoms with van der Waals surface area (Å²) >= 11 is 0. The van der Waals surface area contributed by atoms with Gasteiger partial charge in [-0.1, -0.05) is 17.3 Å². The van der Waals surface area contributed by atoms with Crippen molar-refractivity contribution in [2.75, 3.05) is 26.3 Å². The molecule has 1 spiro atoms. The molecule has 1 amide bonds. The van der Waals surface area contributed by atoms with E-state index in [1.807, 2.05) is 0 Å². The first-order chi connectivity index (χ1) is 15.8. The van der Waals surface area contributed by atoms with Gasteiger partial charge in [0, 0.05) is 37.4 Å². The largest absolute Gasteiger partial charge is 0.347 e. The van der Waals surface area contributed by atoms with Crippen LogP contribution in [0.15, 0.2) is 27.6 Å². The number of hydrogen-bond acceptors (Lipinski definition) is 8. The van der Waals surface area contributed by atoms with Crippen LogP contribution in [0.25, 0.3) is 11.4 Å². The average Bonchev–Trinajstić information content (AvgIpc) is 3.35. The van der Waals surface area contributed by atoms with Gasteiger partial charge < -0.3 is 18.9 Å². The lowest BCUT2D eigenvalue weighted by molar-refractivity contribution is -0.187. The predicted molar refractivity (Wildman–Crippen MR) is 117 cm³/mol. The fraction of sp³-hybridized carbons (Fsp3) is 0.591. The highest BCUT2D eigenvalue weighted by molar-refractivity contribution is 7.89. The van der Waals surface area contributed by atoms with Crippen molar-refractivity contribution in [3.63, 3.8) is 0 Å². The van der Waals surface area contributed by atoms with E-state index in [1.54, 1.807) is 30.9 Å². The first kappa shape index (κ1) is 22.5. The Labute approximate surface area is 192 Å². The summed E-state index contributed by atoms with van der Waals surface area (Å²) in [5, 5.41) is 4.00. The summed E-state index contributed by atoms with van der Waals surface area (Å²) in [6.45, 7) is 5.32. The molecule has 1 N–H and O–H groups in total. The lowest BCUT2D eigenvalue weighted by Gasteiger charge is -2.38. The summed E-state index contributed by atoms with van der Waals surface area (Å²) in [6, 6.07) is 4.08. The van der Waals surface area contributed by atoms with Gasteiger partial charge in [-0.05, 0) is 38.3 Å². The molecule has 1 saturated carbocycles. The standard InChI is InChI=1S/C22H28N4O6S/c1-14-3-4-17(19-23-20(32-24-19)16-5-6-16)13-18(14)33(28,29)25-15(2)21(27)26-9-7-22(8-10-26)30-11-12-31-22/h3-4,13,15-16,25H,5-12H2,1-2H3. The van der Waals surface area contributed by atoms with Crippen LogP contribution in [0.3, 0.4) is 0 Å². The van der Waals surface area contributed by atoms with Gasteiger partial charge in [-0.25, -0.2) is 8.42 Å². The molecule has 178 valence electrons. The maximum absolute atomic E-state index is 13.2. The second-order valence-corrected chi connectivity index (χ2v) is 10.7. The van der Waals surface area contributed by atoms with E-state index in [4.69, 9.17) is 14.0 Å². The van der Waals surface area contributed by atoms with Crippen molar-refractivity contribution in [2.45, 2.75) is 62.2 Å². The monoisotopic (exact) mass is 476 g/mol. The predicted octanol–water partition coefficient (Wildman–Crippen LogP) is 1.95. The second kappa shape index (κ2) is 8.46. The zero-order chi connectivity index (χ0) is 23.2. The molecule has 11 heteroatoms. The molecule has 1 atom stereocenters. The summed E-state index contributed by atoms with van der Waals surface area (Å²) in [4.78, 5) is 19.1. The van der Waals surface area contributed by atoms with Gasteiger partial charge >= 0.3 is 0 Å². The van der Waals surface area contributed by atoms with E-state index in [1.165, 1.54) is 6.07 Å². The number of nitrogens with zero attached hydrogens (tertiary/aromatic N) is 3. The summed E-state index contributed by atoms with van der Waals surface area (Å²) < 4.78 is 45.6. The highest BCUT2D eigenvalue weighted by Crippen LogP contribution is 2.39. The minimum absolute atomic E-state index is 0.0859. The molecule has 1 aromatic heterocycles. The normalized spacial score (nSPS) is 21.5. The molecule has 2 aliphatic heterocycles. The minimum atomic E-state index is -3.96. The van der Waals surface area contributed by atoms with E-state index in [9.17, 15) is 13.2 Å². The van der Waals surface area contributed by atoms with E-state index < -0.39 is 21.9 Å². The van der Waals surface area contributed by atoms with E-state index in [2.05, 4.69) is 14.9 Å². The van der Waals surface area contributed by atoms with Gasteiger partial charge in [0.05, 0.1) is 24.2 Å². The van der Waals surface area contributed by atoms with Crippen LogP contribution in [-0.4, -0.2) is 67.5 Å². The summed E-state index contributed by atoms with van der Waals surface area (Å²) in [5.74, 6) is 0.392. The molecule has 1 aliphatic carbocycles. The van der Waals surface area contributed by atoms with Gasteiger partial charge in [-0.2, -0.15) is 9.71 Å². The van der Waals surface area contributed by atoms with Crippen LogP contribution < -0.4 is 4.72 Å². The Morgan fingerprint density at radius 3 is 2.58 bits per heavy atom. The Kier molecular flexibility index (Phi) is 5.76. The van der Waals surface area contributed by atoms with Crippen LogP contribution in [0, 0.1) is 6.92 Å². The third-order valence-corrected chi connectivity index (χ3v) is 8.14. The van der Waals surface area contributed by atoms with Crippen LogP contribution in [0.2, 0.25) is 0 Å². The number of carbonyl (C=O) groups is 1. The molecular weight excluding hydrogens is 448 g/mol. The third kappa shape index (κ3) is 4.54. The molecule has 3 fully saturated rings. The fourth-order valence-electron chi connectivity index (χ4n) is 4.35. The number of nitrogens with one attached hydrogen (secondary N) is 1. The molecule has 0 radical (unpaired) electrons. The quantitative estimate of drug-likeness (QED) is 0.671. The van der Waals surface area contributed by atoms with E-state index in [-0.39, 0.29) is 10.8 Å². The van der Waals surface area contributed by atoms with Crippen molar-refractivity contribution in [2.24, 2.45) is 0 Å². The SMILES string of the molecule is Cc1ccc(-c2noc(C3CC3)n2)cc1S(=O)(=O)NC(C)C(=O)N1CCC2(CC1)OCCO2. The van der Waals surface area contributed by atoms with Gasteiger partial charge in [-0.15, -0.1) is 0 Å². The topological polar surface area (TPSA) is 124 Å². The smallest absolute Gasteiger partial charge is 0.241 e. The number of carbonyl (C=O) groups excluding carboxylic acids is 1. The number of likely N-dealkylation sites (tertiary alicyclic amines) is 1. The number of benzene rings is 1. The molecule has 3 aliphatic rings. The number of aromatic nitrogens is 2. The lowest BCUT2D eigenvalue weighted by atomic mass is 10.0. The summed E-state index contributed by atoms with van der Waals surface area (Å²) in [6.07, 6.45) is 3.21. The number of ether oxygens (including phenoxy) is 2. The molecule has 5 rings (SSSR count). The number of aryl methyl sites for hydroxylation is 1. The van der Waals surface area contributed by atoms with Crippen molar-refractivity contribution in [3.8, 4) is 11.4 Å². The third-order valence-electron chi connectivity index (χ3n) is 6.46. The van der Waals surface area contributed by atoms with Gasteiger partial charge in [0.25, 0.3) is 0 Å². The van der Waals surface area contributed by atoms with Gasteiger partial charge in [-0.3, -0.25) is 4.79 Å². The number of piperidine rings is 1.